The van der Waals surface area contributed by atoms with Crippen LogP contribution in [0, 0.1) is 6.92 Å². The third-order valence-electron chi connectivity index (χ3n) is 5.04. The van der Waals surface area contributed by atoms with Gasteiger partial charge in [-0.3, -0.25) is 9.88 Å². The first kappa shape index (κ1) is 17.6. The minimum absolute atomic E-state index is 0.414. The van der Waals surface area contributed by atoms with Gasteiger partial charge in [0, 0.05) is 36.9 Å². The molecule has 1 aliphatic rings. The van der Waals surface area contributed by atoms with E-state index in [1.165, 1.54) is 30.4 Å². The number of hydrogen-bond donors (Lipinski definition) is 1. The van der Waals surface area contributed by atoms with E-state index >= 15 is 0 Å². The molecule has 138 valence electrons. The van der Waals surface area contributed by atoms with Crippen molar-refractivity contribution in [1.29, 1.82) is 0 Å². The predicted molar refractivity (Wildman–Crippen MR) is 108 cm³/mol. The van der Waals surface area contributed by atoms with Crippen molar-refractivity contribution in [2.45, 2.75) is 38.8 Å². The summed E-state index contributed by atoms with van der Waals surface area (Å²) < 4.78 is 0. The number of aryl methyl sites for hydroxylation is 1. The lowest BCUT2D eigenvalue weighted by Gasteiger charge is -2.36. The Bertz CT molecular complexity index is 863. The van der Waals surface area contributed by atoms with Crippen LogP contribution >= 0.6 is 0 Å². The van der Waals surface area contributed by atoms with Gasteiger partial charge in [-0.05, 0) is 61.7 Å². The van der Waals surface area contributed by atoms with Crippen molar-refractivity contribution in [2.75, 3.05) is 11.9 Å². The van der Waals surface area contributed by atoms with E-state index < -0.39 is 0 Å². The molecule has 0 radical (unpaired) electrons. The molecule has 3 aromatic heterocycles. The number of nitrogens with one attached hydrogen (secondary N) is 1. The third-order valence-corrected chi connectivity index (χ3v) is 5.04. The zero-order valence-corrected chi connectivity index (χ0v) is 15.7. The lowest BCUT2D eigenvalue weighted by molar-refractivity contribution is 0.140. The van der Waals surface area contributed by atoms with Gasteiger partial charge in [-0.25, -0.2) is 9.97 Å². The highest BCUT2D eigenvalue weighted by Gasteiger charge is 2.24. The lowest BCUT2D eigenvalue weighted by Crippen LogP contribution is -2.33. The molecule has 4 heterocycles. The Hall–Kier alpha value is -2.79. The van der Waals surface area contributed by atoms with Crippen LogP contribution < -0.4 is 5.32 Å². The number of rotatable bonds is 5. The number of likely N-dealkylation sites (tertiary alicyclic amines) is 1. The van der Waals surface area contributed by atoms with Crippen LogP contribution in [0.4, 0.5) is 11.6 Å². The smallest absolute Gasteiger partial charge is 0.131 e. The summed E-state index contributed by atoms with van der Waals surface area (Å²) in [5, 5.41) is 3.28. The number of pyridine rings is 3. The molecule has 0 unspecified atom stereocenters. The molecule has 1 saturated heterocycles. The fourth-order valence-electron chi connectivity index (χ4n) is 3.70. The minimum Gasteiger partial charge on any atom is -0.325 e. The zero-order valence-electron chi connectivity index (χ0n) is 15.7. The molecule has 5 nitrogen and oxygen atoms in total. The topological polar surface area (TPSA) is 53.9 Å². The molecule has 5 heteroatoms. The van der Waals surface area contributed by atoms with E-state index in [-0.39, 0.29) is 0 Å². The van der Waals surface area contributed by atoms with Gasteiger partial charge in [0.2, 0.25) is 0 Å². The Labute approximate surface area is 160 Å². The van der Waals surface area contributed by atoms with Crippen LogP contribution in [0.1, 0.15) is 42.1 Å². The first-order chi connectivity index (χ1) is 13.3. The van der Waals surface area contributed by atoms with Gasteiger partial charge in [0.1, 0.15) is 11.6 Å². The van der Waals surface area contributed by atoms with Gasteiger partial charge in [0.05, 0.1) is 0 Å². The van der Waals surface area contributed by atoms with E-state index in [0.29, 0.717) is 6.04 Å². The van der Waals surface area contributed by atoms with Crippen molar-refractivity contribution >= 4 is 11.6 Å². The van der Waals surface area contributed by atoms with Crippen molar-refractivity contribution in [3.8, 4) is 0 Å². The summed E-state index contributed by atoms with van der Waals surface area (Å²) in [5.41, 5.74) is 3.53. The molecule has 27 heavy (non-hydrogen) atoms. The largest absolute Gasteiger partial charge is 0.325 e. The molecular formula is C22H25N5. The molecule has 1 atom stereocenters. The van der Waals surface area contributed by atoms with Crippen molar-refractivity contribution in [3.05, 3.63) is 77.9 Å². The Morgan fingerprint density at radius 1 is 1.04 bits per heavy atom. The highest BCUT2D eigenvalue weighted by atomic mass is 15.2. The van der Waals surface area contributed by atoms with Crippen LogP contribution in [0.2, 0.25) is 0 Å². The number of piperidine rings is 1. The van der Waals surface area contributed by atoms with Gasteiger partial charge in [-0.1, -0.05) is 24.6 Å². The molecule has 0 bridgehead atoms. The van der Waals surface area contributed by atoms with Crippen molar-refractivity contribution in [2.24, 2.45) is 0 Å². The highest BCUT2D eigenvalue weighted by Crippen LogP contribution is 2.32. The summed E-state index contributed by atoms with van der Waals surface area (Å²) in [5.74, 6) is 1.65. The number of anilines is 2. The van der Waals surface area contributed by atoms with E-state index in [0.717, 1.165) is 30.4 Å². The van der Waals surface area contributed by atoms with Crippen LogP contribution in [-0.2, 0) is 6.54 Å². The van der Waals surface area contributed by atoms with E-state index in [4.69, 9.17) is 0 Å². The Kier molecular flexibility index (Phi) is 5.39. The van der Waals surface area contributed by atoms with Crippen LogP contribution in [0.15, 0.2) is 61.1 Å². The number of nitrogens with zero attached hydrogens (tertiary/aromatic N) is 4. The Morgan fingerprint density at radius 3 is 2.78 bits per heavy atom. The first-order valence-electron chi connectivity index (χ1n) is 9.57. The molecule has 0 aliphatic carbocycles. The van der Waals surface area contributed by atoms with Gasteiger partial charge in [0.15, 0.2) is 0 Å². The molecule has 0 spiro atoms. The second-order valence-electron chi connectivity index (χ2n) is 7.11. The van der Waals surface area contributed by atoms with E-state index in [2.05, 4.69) is 43.4 Å². The molecule has 3 aromatic rings. The van der Waals surface area contributed by atoms with Crippen molar-refractivity contribution < 1.29 is 0 Å². The third kappa shape index (κ3) is 4.49. The molecule has 0 aromatic carbocycles. The number of aromatic nitrogens is 3. The van der Waals surface area contributed by atoms with E-state index in [1.807, 2.05) is 49.8 Å². The average Bonchev–Trinajstić information content (AvgIpc) is 2.70. The predicted octanol–water partition coefficient (Wildman–Crippen LogP) is 4.65. The Balaban J connectivity index is 1.47. The molecule has 1 N–H and O–H groups in total. The summed E-state index contributed by atoms with van der Waals surface area (Å²) in [6.45, 7) is 4.04. The molecule has 4 rings (SSSR count). The fraction of sp³-hybridized carbons (Fsp3) is 0.318. The molecule has 0 saturated carbocycles. The normalized spacial score (nSPS) is 17.6. The highest BCUT2D eigenvalue weighted by molar-refractivity contribution is 5.51. The van der Waals surface area contributed by atoms with Crippen LogP contribution in [-0.4, -0.2) is 26.4 Å². The maximum atomic E-state index is 4.63. The summed E-state index contributed by atoms with van der Waals surface area (Å²) in [6.07, 6.45) is 9.49. The average molecular weight is 359 g/mol. The van der Waals surface area contributed by atoms with Crippen molar-refractivity contribution in [1.82, 2.24) is 19.9 Å². The molecule has 0 amide bonds. The molecular weight excluding hydrogens is 334 g/mol. The van der Waals surface area contributed by atoms with Gasteiger partial charge < -0.3 is 5.32 Å². The standard InChI is InChI=1S/C22H25N5/c1-17-6-4-9-22(25-17)26-21-11-10-19(15-24-21)20-8-2-3-13-27(20)16-18-7-5-12-23-14-18/h4-7,9-12,14-15,20H,2-3,8,13,16H2,1H3,(H,24,25,26)/t20-/m0/s1. The summed E-state index contributed by atoms with van der Waals surface area (Å²) in [4.78, 5) is 15.9. The maximum Gasteiger partial charge on any atom is 0.131 e. The fourth-order valence-corrected chi connectivity index (χ4v) is 3.70. The second kappa shape index (κ2) is 8.27. The monoisotopic (exact) mass is 359 g/mol. The Morgan fingerprint density at radius 2 is 2.00 bits per heavy atom. The summed E-state index contributed by atoms with van der Waals surface area (Å²) in [7, 11) is 0. The van der Waals surface area contributed by atoms with Gasteiger partial charge in [-0.15, -0.1) is 0 Å². The SMILES string of the molecule is Cc1cccc(Nc2ccc([C@@H]3CCCCN3Cc3cccnc3)cn2)n1. The van der Waals surface area contributed by atoms with Crippen molar-refractivity contribution in [3.63, 3.8) is 0 Å². The van der Waals surface area contributed by atoms with E-state index in [1.54, 1.807) is 0 Å². The first-order valence-corrected chi connectivity index (χ1v) is 9.57. The molecule has 1 fully saturated rings. The van der Waals surface area contributed by atoms with Crippen LogP contribution in [0.5, 0.6) is 0 Å². The quantitative estimate of drug-likeness (QED) is 0.718. The maximum absolute atomic E-state index is 4.63. The van der Waals surface area contributed by atoms with Crippen LogP contribution in [0.25, 0.3) is 0 Å². The second-order valence-corrected chi connectivity index (χ2v) is 7.11. The summed E-state index contributed by atoms with van der Waals surface area (Å²) in [6, 6.07) is 14.8. The minimum atomic E-state index is 0.414. The number of hydrogen-bond acceptors (Lipinski definition) is 5. The van der Waals surface area contributed by atoms with E-state index in [9.17, 15) is 0 Å². The van der Waals surface area contributed by atoms with Gasteiger partial charge >= 0.3 is 0 Å². The van der Waals surface area contributed by atoms with Gasteiger partial charge in [-0.2, -0.15) is 0 Å². The lowest BCUT2D eigenvalue weighted by atomic mass is 9.96. The van der Waals surface area contributed by atoms with Gasteiger partial charge in [0.25, 0.3) is 0 Å². The van der Waals surface area contributed by atoms with Crippen LogP contribution in [0.3, 0.4) is 0 Å². The summed E-state index contributed by atoms with van der Waals surface area (Å²) >= 11 is 0. The zero-order chi connectivity index (χ0) is 18.5. The molecule has 1 aliphatic heterocycles.